The topological polar surface area (TPSA) is 34.1 Å². The van der Waals surface area contributed by atoms with Gasteiger partial charge in [0.1, 0.15) is 11.7 Å². The summed E-state index contributed by atoms with van der Waals surface area (Å²) in [6.07, 6.45) is 6.89. The van der Waals surface area contributed by atoms with Gasteiger partial charge in [0, 0.05) is 12.3 Å². The highest BCUT2D eigenvalue weighted by Gasteiger charge is 2.46. The summed E-state index contributed by atoms with van der Waals surface area (Å²) in [5, 5.41) is 0. The van der Waals surface area contributed by atoms with Crippen molar-refractivity contribution < 1.29 is 9.59 Å². The van der Waals surface area contributed by atoms with E-state index in [0.29, 0.717) is 12.3 Å². The Morgan fingerprint density at radius 3 is 2.04 bits per heavy atom. The molecule has 0 amide bonds. The van der Waals surface area contributed by atoms with E-state index in [2.05, 4.69) is 39.8 Å². The highest BCUT2D eigenvalue weighted by molar-refractivity contribution is 6.15. The molecule has 136 valence electrons. The molecular formula is C23H32O2. The van der Waals surface area contributed by atoms with Crippen molar-refractivity contribution in [1.29, 1.82) is 0 Å². The summed E-state index contributed by atoms with van der Waals surface area (Å²) in [5.41, 5.74) is 4.67. The maximum Gasteiger partial charge on any atom is 0.151 e. The van der Waals surface area contributed by atoms with Gasteiger partial charge in [0.05, 0.1) is 0 Å². The molecule has 2 saturated carbocycles. The van der Waals surface area contributed by atoms with Crippen LogP contribution in [0.2, 0.25) is 0 Å². The van der Waals surface area contributed by atoms with Crippen LogP contribution < -0.4 is 0 Å². The van der Waals surface area contributed by atoms with E-state index in [1.54, 1.807) is 0 Å². The Kier molecular flexibility index (Phi) is 5.46. The molecule has 2 unspecified atom stereocenters. The Bertz CT molecular complexity index is 640. The van der Waals surface area contributed by atoms with Crippen molar-refractivity contribution in [2.24, 2.45) is 17.8 Å². The predicted molar refractivity (Wildman–Crippen MR) is 102 cm³/mol. The first-order chi connectivity index (χ1) is 12.0. The van der Waals surface area contributed by atoms with Gasteiger partial charge in [-0.3, -0.25) is 9.59 Å². The first kappa shape index (κ1) is 18.4. The average Bonchev–Trinajstić information content (AvgIpc) is 2.89. The van der Waals surface area contributed by atoms with Gasteiger partial charge in [-0.1, -0.05) is 51.3 Å². The number of carbonyl (C=O) groups is 2. The SMILES string of the molecule is CCc1cc(C)cc(CC)c1C1C(=O)CC(C2CCC(C)CC2)C1=O. The van der Waals surface area contributed by atoms with E-state index in [1.807, 2.05) is 0 Å². The van der Waals surface area contributed by atoms with Gasteiger partial charge in [0.15, 0.2) is 5.78 Å². The molecule has 1 aromatic rings. The van der Waals surface area contributed by atoms with Crippen LogP contribution in [0.1, 0.15) is 81.0 Å². The van der Waals surface area contributed by atoms with Gasteiger partial charge in [0.2, 0.25) is 0 Å². The number of hydrogen-bond acceptors (Lipinski definition) is 2. The third-order valence-corrected chi connectivity index (χ3v) is 6.57. The van der Waals surface area contributed by atoms with Gasteiger partial charge in [-0.05, 0) is 61.1 Å². The van der Waals surface area contributed by atoms with E-state index in [9.17, 15) is 9.59 Å². The molecule has 0 heterocycles. The largest absolute Gasteiger partial charge is 0.298 e. The lowest BCUT2D eigenvalue weighted by molar-refractivity contribution is -0.125. The van der Waals surface area contributed by atoms with E-state index in [4.69, 9.17) is 0 Å². The van der Waals surface area contributed by atoms with Crippen molar-refractivity contribution >= 4 is 11.6 Å². The quantitative estimate of drug-likeness (QED) is 0.707. The van der Waals surface area contributed by atoms with Crippen LogP contribution in [-0.2, 0) is 22.4 Å². The Morgan fingerprint density at radius 2 is 1.52 bits per heavy atom. The molecular weight excluding hydrogens is 308 g/mol. The molecule has 2 aliphatic carbocycles. The molecule has 0 aliphatic heterocycles. The van der Waals surface area contributed by atoms with Crippen molar-refractivity contribution in [3.63, 3.8) is 0 Å². The first-order valence-electron chi connectivity index (χ1n) is 10.1. The van der Waals surface area contributed by atoms with Gasteiger partial charge in [-0.25, -0.2) is 0 Å². The lowest BCUT2D eigenvalue weighted by Gasteiger charge is -2.29. The van der Waals surface area contributed by atoms with Crippen molar-refractivity contribution in [2.75, 3.05) is 0 Å². The zero-order valence-corrected chi connectivity index (χ0v) is 16.2. The molecule has 25 heavy (non-hydrogen) atoms. The summed E-state index contributed by atoms with van der Waals surface area (Å²) in [6.45, 7) is 8.66. The van der Waals surface area contributed by atoms with Gasteiger partial charge in [-0.15, -0.1) is 0 Å². The van der Waals surface area contributed by atoms with Crippen LogP contribution in [0.5, 0.6) is 0 Å². The summed E-state index contributed by atoms with van der Waals surface area (Å²) in [7, 11) is 0. The van der Waals surface area contributed by atoms with Crippen LogP contribution in [-0.4, -0.2) is 11.6 Å². The molecule has 0 saturated heterocycles. The lowest BCUT2D eigenvalue weighted by atomic mass is 9.74. The van der Waals surface area contributed by atoms with Crippen molar-refractivity contribution in [3.8, 4) is 0 Å². The van der Waals surface area contributed by atoms with Crippen molar-refractivity contribution in [3.05, 3.63) is 34.4 Å². The standard InChI is InChI=1S/C23H32O2/c1-5-16-11-15(4)12-17(6-2)21(16)22-20(24)13-19(23(22)25)18-9-7-14(3)8-10-18/h11-12,14,18-19,22H,5-10,13H2,1-4H3. The van der Waals surface area contributed by atoms with E-state index < -0.39 is 5.92 Å². The number of aryl methyl sites for hydroxylation is 3. The molecule has 0 aromatic heterocycles. The second kappa shape index (κ2) is 7.43. The Labute approximate surface area is 152 Å². The minimum absolute atomic E-state index is 0.0271. The normalized spacial score (nSPS) is 30.1. The molecule has 0 bridgehead atoms. The number of rotatable bonds is 4. The average molecular weight is 341 g/mol. The molecule has 0 N–H and O–H groups in total. The molecule has 0 spiro atoms. The van der Waals surface area contributed by atoms with Crippen LogP contribution in [0, 0.1) is 24.7 Å². The van der Waals surface area contributed by atoms with Gasteiger partial charge < -0.3 is 0 Å². The van der Waals surface area contributed by atoms with Crippen LogP contribution in [0.4, 0.5) is 0 Å². The summed E-state index contributed by atoms with van der Waals surface area (Å²) in [4.78, 5) is 26.2. The van der Waals surface area contributed by atoms with E-state index in [1.165, 1.54) is 29.5 Å². The molecule has 2 fully saturated rings. The van der Waals surface area contributed by atoms with Crippen LogP contribution in [0.3, 0.4) is 0 Å². The Balaban J connectivity index is 1.93. The molecule has 2 aliphatic rings. The Morgan fingerprint density at radius 1 is 0.960 bits per heavy atom. The fourth-order valence-corrected chi connectivity index (χ4v) is 5.11. The second-order valence-electron chi connectivity index (χ2n) is 8.34. The smallest absolute Gasteiger partial charge is 0.151 e. The number of benzene rings is 1. The molecule has 1 aromatic carbocycles. The van der Waals surface area contributed by atoms with Crippen LogP contribution in [0.25, 0.3) is 0 Å². The van der Waals surface area contributed by atoms with E-state index in [0.717, 1.165) is 37.2 Å². The summed E-state index contributed by atoms with van der Waals surface area (Å²) in [5.74, 6) is 1.07. The fraction of sp³-hybridized carbons (Fsp3) is 0.652. The van der Waals surface area contributed by atoms with E-state index >= 15 is 0 Å². The third kappa shape index (κ3) is 3.45. The van der Waals surface area contributed by atoms with Crippen LogP contribution in [0.15, 0.2) is 12.1 Å². The fourth-order valence-electron chi connectivity index (χ4n) is 5.11. The van der Waals surface area contributed by atoms with Crippen LogP contribution >= 0.6 is 0 Å². The lowest BCUT2D eigenvalue weighted by Crippen LogP contribution is -2.26. The zero-order chi connectivity index (χ0) is 18.1. The maximum absolute atomic E-state index is 13.3. The Hall–Kier alpha value is -1.44. The number of ketones is 2. The van der Waals surface area contributed by atoms with Gasteiger partial charge in [0.25, 0.3) is 0 Å². The number of carbonyl (C=O) groups excluding carboxylic acids is 2. The monoisotopic (exact) mass is 340 g/mol. The predicted octanol–water partition coefficient (Wildman–Crippen LogP) is 5.19. The third-order valence-electron chi connectivity index (χ3n) is 6.57. The minimum atomic E-state index is -0.491. The highest BCUT2D eigenvalue weighted by Crippen LogP contribution is 2.44. The minimum Gasteiger partial charge on any atom is -0.298 e. The summed E-state index contributed by atoms with van der Waals surface area (Å²) >= 11 is 0. The van der Waals surface area contributed by atoms with Crippen molar-refractivity contribution in [2.45, 2.75) is 78.6 Å². The second-order valence-corrected chi connectivity index (χ2v) is 8.34. The number of hydrogen-bond donors (Lipinski definition) is 0. The first-order valence-corrected chi connectivity index (χ1v) is 10.1. The van der Waals surface area contributed by atoms with E-state index in [-0.39, 0.29) is 17.5 Å². The molecule has 2 atom stereocenters. The molecule has 3 rings (SSSR count). The molecule has 0 radical (unpaired) electrons. The van der Waals surface area contributed by atoms with Gasteiger partial charge in [-0.2, -0.15) is 0 Å². The maximum atomic E-state index is 13.3. The zero-order valence-electron chi connectivity index (χ0n) is 16.2. The van der Waals surface area contributed by atoms with Crippen molar-refractivity contribution in [1.82, 2.24) is 0 Å². The molecule has 2 nitrogen and oxygen atoms in total. The summed E-state index contributed by atoms with van der Waals surface area (Å²) < 4.78 is 0. The molecule has 2 heteroatoms. The summed E-state index contributed by atoms with van der Waals surface area (Å²) in [6, 6.07) is 4.34. The number of Topliss-reactive ketones (excluding diaryl/α,β-unsaturated/α-hetero) is 2. The van der Waals surface area contributed by atoms with Gasteiger partial charge >= 0.3 is 0 Å². The highest BCUT2D eigenvalue weighted by atomic mass is 16.2.